The molecule has 0 saturated carbocycles. The summed E-state index contributed by atoms with van der Waals surface area (Å²) in [4.78, 5) is 0. The molecule has 0 fully saturated rings. The maximum atomic E-state index is 3.87. The molecule has 2 aromatic rings. The number of nitrogens with one attached hydrogen (secondary N) is 1. The largest absolute Gasteiger partial charge is 0.360 e. The van der Waals surface area contributed by atoms with Crippen LogP contribution in [0.5, 0.6) is 0 Å². The molecule has 0 spiro atoms. The lowest BCUT2D eigenvalue weighted by atomic mass is 10.1. The van der Waals surface area contributed by atoms with Gasteiger partial charge < -0.3 is 5.32 Å². The topological polar surface area (TPSA) is 12.0 Å². The maximum Gasteiger partial charge on any atom is 0.0384 e. The van der Waals surface area contributed by atoms with Crippen LogP contribution in [0.2, 0.25) is 0 Å². The summed E-state index contributed by atoms with van der Waals surface area (Å²) in [6.07, 6.45) is 1.04. The lowest BCUT2D eigenvalue weighted by Crippen LogP contribution is -1.94. The molecule has 0 aromatic heterocycles. The maximum absolute atomic E-state index is 3.87. The fourth-order valence-corrected chi connectivity index (χ4v) is 2.47. The van der Waals surface area contributed by atoms with Crippen molar-refractivity contribution < 1.29 is 0 Å². The third-order valence-corrected chi connectivity index (χ3v) is 3.15. The Morgan fingerprint density at radius 3 is 2.65 bits per heavy atom. The molecule has 17 heavy (non-hydrogen) atoms. The van der Waals surface area contributed by atoms with Crippen LogP contribution in [-0.2, 0) is 6.42 Å². The quantitative estimate of drug-likeness (QED) is 0.683. The van der Waals surface area contributed by atoms with Gasteiger partial charge in [-0.05, 0) is 47.7 Å². The fraction of sp³-hybridized carbons (Fsp3) is 0.125. The van der Waals surface area contributed by atoms with Crippen LogP contribution in [0.4, 0.5) is 5.69 Å². The Hall–Kier alpha value is -2.02. The molecule has 1 aliphatic rings. The number of hydrogen-bond acceptors (Lipinski definition) is 1. The first-order chi connectivity index (χ1) is 8.24. The van der Waals surface area contributed by atoms with Gasteiger partial charge in [-0.25, -0.2) is 0 Å². The van der Waals surface area contributed by atoms with E-state index in [1.54, 1.807) is 0 Å². The van der Waals surface area contributed by atoms with Crippen LogP contribution in [0.25, 0.3) is 11.1 Å². The number of allylic oxidation sites excluding steroid dienone is 1. The zero-order chi connectivity index (χ0) is 11.8. The predicted octanol–water partition coefficient (Wildman–Crippen LogP) is 4.20. The summed E-state index contributed by atoms with van der Waals surface area (Å²) in [5, 5.41) is 3.27. The summed E-state index contributed by atoms with van der Waals surface area (Å²) in [5.41, 5.74) is 7.68. The van der Waals surface area contributed by atoms with Gasteiger partial charge in [-0.2, -0.15) is 0 Å². The molecule has 0 radical (unpaired) electrons. The summed E-state index contributed by atoms with van der Waals surface area (Å²) in [6.45, 7) is 5.85. The van der Waals surface area contributed by atoms with Crippen molar-refractivity contribution in [1.29, 1.82) is 0 Å². The smallest absolute Gasteiger partial charge is 0.0384 e. The highest BCUT2D eigenvalue weighted by Crippen LogP contribution is 2.37. The molecular weight excluding hydrogens is 206 g/mol. The second-order valence-electron chi connectivity index (χ2n) is 4.61. The zero-order valence-electron chi connectivity index (χ0n) is 9.96. The molecule has 2 aromatic carbocycles. The van der Waals surface area contributed by atoms with Crippen LogP contribution in [0, 0.1) is 0 Å². The first-order valence-electron chi connectivity index (χ1n) is 5.88. The van der Waals surface area contributed by atoms with Crippen molar-refractivity contribution >= 4 is 5.69 Å². The van der Waals surface area contributed by atoms with E-state index in [2.05, 4.69) is 54.4 Å². The van der Waals surface area contributed by atoms with Gasteiger partial charge in [-0.3, -0.25) is 0 Å². The van der Waals surface area contributed by atoms with E-state index < -0.39 is 0 Å². The van der Waals surface area contributed by atoms with E-state index in [9.17, 15) is 0 Å². The minimum Gasteiger partial charge on any atom is -0.360 e. The Morgan fingerprint density at radius 2 is 1.82 bits per heavy atom. The van der Waals surface area contributed by atoms with E-state index in [1.165, 1.54) is 22.3 Å². The molecule has 1 nitrogen and oxygen atoms in total. The van der Waals surface area contributed by atoms with Crippen LogP contribution < -0.4 is 5.32 Å². The molecule has 0 saturated heterocycles. The summed E-state index contributed by atoms with van der Waals surface area (Å²) in [7, 11) is 0. The Kier molecular flexibility index (Phi) is 2.25. The lowest BCUT2D eigenvalue weighted by molar-refractivity contribution is 1.26. The monoisotopic (exact) mass is 221 g/mol. The van der Waals surface area contributed by atoms with Crippen LogP contribution >= 0.6 is 0 Å². The minimum absolute atomic E-state index is 0.973. The molecule has 3 rings (SSSR count). The second-order valence-corrected chi connectivity index (χ2v) is 4.61. The molecule has 84 valence electrons. The second kappa shape index (κ2) is 3.77. The van der Waals surface area contributed by atoms with Crippen LogP contribution in [0.3, 0.4) is 0 Å². The standard InChI is InChI=1S/C16H15N/c1-11(2)17-14-7-8-16-13(10-14)9-12-5-3-4-6-15(12)16/h3-8,10,17H,1,9H2,2H3. The molecule has 0 unspecified atom stereocenters. The molecule has 0 bridgehead atoms. The van der Waals surface area contributed by atoms with Gasteiger partial charge in [0.15, 0.2) is 0 Å². The Balaban J connectivity index is 2.04. The highest BCUT2D eigenvalue weighted by atomic mass is 14.9. The number of benzene rings is 2. The highest BCUT2D eigenvalue weighted by Gasteiger charge is 2.17. The molecule has 0 aliphatic heterocycles. The third-order valence-electron chi connectivity index (χ3n) is 3.15. The molecule has 1 N–H and O–H groups in total. The van der Waals surface area contributed by atoms with Crippen molar-refractivity contribution in [2.45, 2.75) is 13.3 Å². The van der Waals surface area contributed by atoms with Crippen molar-refractivity contribution in [2.24, 2.45) is 0 Å². The van der Waals surface area contributed by atoms with Gasteiger partial charge in [0, 0.05) is 11.4 Å². The molecule has 1 heteroatoms. The van der Waals surface area contributed by atoms with E-state index in [0.717, 1.165) is 17.8 Å². The molecule has 0 atom stereocenters. The average molecular weight is 221 g/mol. The fourth-order valence-electron chi connectivity index (χ4n) is 2.47. The van der Waals surface area contributed by atoms with Gasteiger partial charge in [0.1, 0.15) is 0 Å². The first-order valence-corrected chi connectivity index (χ1v) is 5.88. The van der Waals surface area contributed by atoms with E-state index >= 15 is 0 Å². The van der Waals surface area contributed by atoms with Crippen molar-refractivity contribution in [3.05, 3.63) is 65.9 Å². The molecule has 1 aliphatic carbocycles. The molecular formula is C16H15N. The van der Waals surface area contributed by atoms with Gasteiger partial charge in [0.2, 0.25) is 0 Å². The summed E-state index contributed by atoms with van der Waals surface area (Å²) in [5.74, 6) is 0. The SMILES string of the molecule is C=C(C)Nc1ccc2c(c1)Cc1ccccc1-2. The summed E-state index contributed by atoms with van der Waals surface area (Å²) in [6, 6.07) is 15.2. The lowest BCUT2D eigenvalue weighted by Gasteiger charge is -2.07. The predicted molar refractivity (Wildman–Crippen MR) is 73.1 cm³/mol. The van der Waals surface area contributed by atoms with Gasteiger partial charge in [-0.15, -0.1) is 0 Å². The molecule has 0 amide bonds. The summed E-state index contributed by atoms with van der Waals surface area (Å²) < 4.78 is 0. The van der Waals surface area contributed by atoms with Crippen molar-refractivity contribution in [1.82, 2.24) is 0 Å². The van der Waals surface area contributed by atoms with E-state index in [0.29, 0.717) is 0 Å². The van der Waals surface area contributed by atoms with Gasteiger partial charge in [-0.1, -0.05) is 36.9 Å². The van der Waals surface area contributed by atoms with Crippen LogP contribution in [0.15, 0.2) is 54.7 Å². The summed E-state index contributed by atoms with van der Waals surface area (Å²) >= 11 is 0. The van der Waals surface area contributed by atoms with Crippen LogP contribution in [-0.4, -0.2) is 0 Å². The number of hydrogen-bond donors (Lipinski definition) is 1. The van der Waals surface area contributed by atoms with Crippen LogP contribution in [0.1, 0.15) is 18.1 Å². The normalized spacial score (nSPS) is 11.8. The number of anilines is 1. The van der Waals surface area contributed by atoms with E-state index in [-0.39, 0.29) is 0 Å². The highest BCUT2D eigenvalue weighted by molar-refractivity contribution is 5.78. The van der Waals surface area contributed by atoms with Gasteiger partial charge in [0.25, 0.3) is 0 Å². The van der Waals surface area contributed by atoms with Gasteiger partial charge in [0.05, 0.1) is 0 Å². The van der Waals surface area contributed by atoms with E-state index in [4.69, 9.17) is 0 Å². The van der Waals surface area contributed by atoms with E-state index in [1.807, 2.05) is 6.92 Å². The third kappa shape index (κ3) is 1.74. The number of rotatable bonds is 2. The van der Waals surface area contributed by atoms with Crippen molar-refractivity contribution in [2.75, 3.05) is 5.32 Å². The Bertz CT molecular complexity index is 596. The van der Waals surface area contributed by atoms with Crippen molar-refractivity contribution in [3.8, 4) is 11.1 Å². The zero-order valence-corrected chi connectivity index (χ0v) is 9.96. The number of fused-ring (bicyclic) bond motifs is 3. The average Bonchev–Trinajstić information content (AvgIpc) is 2.65. The van der Waals surface area contributed by atoms with Crippen molar-refractivity contribution in [3.63, 3.8) is 0 Å². The Morgan fingerprint density at radius 1 is 1.06 bits per heavy atom. The molecule has 0 heterocycles. The van der Waals surface area contributed by atoms with Gasteiger partial charge >= 0.3 is 0 Å². The first kappa shape index (κ1) is 10.2. The Labute approximate surface area is 102 Å². The minimum atomic E-state index is 0.973.